The topological polar surface area (TPSA) is 29.3 Å². The first-order chi connectivity index (χ1) is 7.38. The Morgan fingerprint density at radius 1 is 1.33 bits per heavy atom. The van der Waals surface area contributed by atoms with E-state index in [0.29, 0.717) is 5.25 Å². The summed E-state index contributed by atoms with van der Waals surface area (Å²) in [5.41, 5.74) is 7.11. The van der Waals surface area contributed by atoms with E-state index in [4.69, 9.17) is 5.73 Å². The van der Waals surface area contributed by atoms with Crippen molar-refractivity contribution >= 4 is 11.8 Å². The molecule has 2 nitrogen and oxygen atoms in total. The summed E-state index contributed by atoms with van der Waals surface area (Å²) in [6.07, 6.45) is 0. The zero-order valence-electron chi connectivity index (χ0n) is 8.93. The van der Waals surface area contributed by atoms with Crippen molar-refractivity contribution < 1.29 is 0 Å². The first kappa shape index (κ1) is 11.0. The number of benzene rings is 1. The third-order valence-electron chi connectivity index (χ3n) is 2.73. The highest BCUT2D eigenvalue weighted by atomic mass is 32.2. The average Bonchev–Trinajstić information content (AvgIpc) is 2.31. The van der Waals surface area contributed by atoms with Crippen molar-refractivity contribution in [3.8, 4) is 0 Å². The fraction of sp³-hybridized carbons (Fsp3) is 0.500. The third kappa shape index (κ3) is 3.23. The van der Waals surface area contributed by atoms with Crippen LogP contribution in [0.25, 0.3) is 0 Å². The van der Waals surface area contributed by atoms with Crippen molar-refractivity contribution in [3.63, 3.8) is 0 Å². The Morgan fingerprint density at radius 3 is 2.87 bits per heavy atom. The second kappa shape index (κ2) is 5.54. The van der Waals surface area contributed by atoms with Crippen LogP contribution in [0.1, 0.15) is 5.56 Å². The van der Waals surface area contributed by atoms with Crippen LogP contribution in [0.3, 0.4) is 0 Å². The maximum atomic E-state index is 5.71. The van der Waals surface area contributed by atoms with Gasteiger partial charge in [-0.1, -0.05) is 30.3 Å². The fourth-order valence-corrected chi connectivity index (χ4v) is 3.06. The Morgan fingerprint density at radius 2 is 2.13 bits per heavy atom. The van der Waals surface area contributed by atoms with E-state index in [1.165, 1.54) is 17.9 Å². The zero-order valence-corrected chi connectivity index (χ0v) is 9.75. The minimum absolute atomic E-state index is 0.627. The molecule has 0 aliphatic carbocycles. The summed E-state index contributed by atoms with van der Waals surface area (Å²) in [4.78, 5) is 2.50. The van der Waals surface area contributed by atoms with E-state index in [1.54, 1.807) is 0 Å². The van der Waals surface area contributed by atoms with Crippen LogP contribution in [0, 0.1) is 0 Å². The highest BCUT2D eigenvalue weighted by Gasteiger charge is 2.18. The number of hydrogen-bond acceptors (Lipinski definition) is 3. The summed E-state index contributed by atoms with van der Waals surface area (Å²) in [6.45, 7) is 4.19. The molecule has 1 aromatic rings. The lowest BCUT2D eigenvalue weighted by Gasteiger charge is -2.31. The Balaban J connectivity index is 1.89. The number of rotatable bonds is 3. The number of thioether (sulfide) groups is 1. The van der Waals surface area contributed by atoms with Gasteiger partial charge in [0.1, 0.15) is 0 Å². The molecule has 0 aromatic heterocycles. The molecular formula is C12H18N2S. The monoisotopic (exact) mass is 222 g/mol. The van der Waals surface area contributed by atoms with E-state index in [-0.39, 0.29) is 0 Å². The molecule has 1 aliphatic rings. The Kier molecular flexibility index (Phi) is 4.06. The first-order valence-electron chi connectivity index (χ1n) is 5.46. The van der Waals surface area contributed by atoms with E-state index in [9.17, 15) is 0 Å². The highest BCUT2D eigenvalue weighted by Crippen LogP contribution is 2.19. The van der Waals surface area contributed by atoms with Crippen molar-refractivity contribution in [2.24, 2.45) is 5.73 Å². The largest absolute Gasteiger partial charge is 0.329 e. The summed E-state index contributed by atoms with van der Waals surface area (Å²) in [6, 6.07) is 10.7. The predicted octanol–water partition coefficient (Wildman–Crippen LogP) is 1.56. The molecule has 0 bridgehead atoms. The molecule has 1 unspecified atom stereocenters. The second-order valence-corrected chi connectivity index (χ2v) is 5.36. The van der Waals surface area contributed by atoms with E-state index < -0.39 is 0 Å². The minimum Gasteiger partial charge on any atom is -0.329 e. The molecule has 15 heavy (non-hydrogen) atoms. The van der Waals surface area contributed by atoms with Gasteiger partial charge in [0.05, 0.1) is 0 Å². The smallest absolute Gasteiger partial charge is 0.0298 e. The van der Waals surface area contributed by atoms with E-state index in [1.807, 2.05) is 11.8 Å². The van der Waals surface area contributed by atoms with Gasteiger partial charge in [-0.25, -0.2) is 0 Å². The van der Waals surface area contributed by atoms with Crippen LogP contribution in [0.5, 0.6) is 0 Å². The van der Waals surface area contributed by atoms with Gasteiger partial charge in [0.2, 0.25) is 0 Å². The van der Waals surface area contributed by atoms with Gasteiger partial charge < -0.3 is 5.73 Å². The molecule has 0 saturated carbocycles. The summed E-state index contributed by atoms with van der Waals surface area (Å²) in [7, 11) is 0. The number of hydrogen-bond donors (Lipinski definition) is 1. The van der Waals surface area contributed by atoms with Crippen LogP contribution in [0.15, 0.2) is 30.3 Å². The lowest BCUT2D eigenvalue weighted by molar-refractivity contribution is 0.276. The van der Waals surface area contributed by atoms with Crippen LogP contribution >= 0.6 is 11.8 Å². The van der Waals surface area contributed by atoms with Crippen molar-refractivity contribution in [1.29, 1.82) is 0 Å². The molecule has 0 spiro atoms. The quantitative estimate of drug-likeness (QED) is 0.841. The lowest BCUT2D eigenvalue weighted by Crippen LogP contribution is -2.40. The molecular weight excluding hydrogens is 204 g/mol. The van der Waals surface area contributed by atoms with Gasteiger partial charge in [-0.3, -0.25) is 4.90 Å². The molecule has 1 saturated heterocycles. The van der Waals surface area contributed by atoms with Gasteiger partial charge in [-0.2, -0.15) is 11.8 Å². The molecule has 1 heterocycles. The normalized spacial score (nSPS) is 22.9. The van der Waals surface area contributed by atoms with E-state index in [0.717, 1.165) is 19.6 Å². The van der Waals surface area contributed by atoms with Crippen molar-refractivity contribution in [1.82, 2.24) is 4.90 Å². The second-order valence-electron chi connectivity index (χ2n) is 3.95. The van der Waals surface area contributed by atoms with Crippen LogP contribution in [-0.4, -0.2) is 35.5 Å². The average molecular weight is 222 g/mol. The highest BCUT2D eigenvalue weighted by molar-refractivity contribution is 8.00. The first-order valence-corrected chi connectivity index (χ1v) is 6.51. The molecule has 1 atom stereocenters. The summed E-state index contributed by atoms with van der Waals surface area (Å²) < 4.78 is 0. The molecule has 2 N–H and O–H groups in total. The van der Waals surface area contributed by atoms with Gasteiger partial charge in [-0.15, -0.1) is 0 Å². The number of nitrogens with zero attached hydrogens (tertiary/aromatic N) is 1. The molecule has 2 rings (SSSR count). The van der Waals surface area contributed by atoms with Gasteiger partial charge in [0, 0.05) is 37.2 Å². The maximum absolute atomic E-state index is 5.71. The Hall–Kier alpha value is -0.510. The van der Waals surface area contributed by atoms with Crippen molar-refractivity contribution in [3.05, 3.63) is 35.9 Å². The standard InChI is InChI=1S/C12H18N2S/c13-8-12-10-14(6-7-15-12)9-11-4-2-1-3-5-11/h1-5,12H,6-10,13H2. The van der Waals surface area contributed by atoms with Crippen LogP contribution in [0.2, 0.25) is 0 Å². The molecule has 82 valence electrons. The molecule has 1 aliphatic heterocycles. The molecule has 0 radical (unpaired) electrons. The zero-order chi connectivity index (χ0) is 10.5. The SMILES string of the molecule is NCC1CN(Cc2ccccc2)CCS1. The van der Waals surface area contributed by atoms with Gasteiger partial charge >= 0.3 is 0 Å². The van der Waals surface area contributed by atoms with Gasteiger partial charge in [-0.05, 0) is 5.56 Å². The molecule has 0 amide bonds. The van der Waals surface area contributed by atoms with Gasteiger partial charge in [0.15, 0.2) is 0 Å². The summed E-state index contributed by atoms with van der Waals surface area (Å²) in [5.74, 6) is 1.22. The van der Waals surface area contributed by atoms with E-state index >= 15 is 0 Å². The Bertz CT molecular complexity index is 289. The van der Waals surface area contributed by atoms with Crippen molar-refractivity contribution in [2.45, 2.75) is 11.8 Å². The maximum Gasteiger partial charge on any atom is 0.0298 e. The fourth-order valence-electron chi connectivity index (χ4n) is 1.91. The van der Waals surface area contributed by atoms with Gasteiger partial charge in [0.25, 0.3) is 0 Å². The molecule has 1 aromatic carbocycles. The van der Waals surface area contributed by atoms with Crippen LogP contribution in [-0.2, 0) is 6.54 Å². The summed E-state index contributed by atoms with van der Waals surface area (Å²) in [5, 5.41) is 0.627. The third-order valence-corrected chi connectivity index (χ3v) is 3.97. The van der Waals surface area contributed by atoms with Crippen LogP contribution in [0.4, 0.5) is 0 Å². The summed E-state index contributed by atoms with van der Waals surface area (Å²) >= 11 is 2.01. The van der Waals surface area contributed by atoms with Crippen molar-refractivity contribution in [2.75, 3.05) is 25.4 Å². The van der Waals surface area contributed by atoms with E-state index in [2.05, 4.69) is 35.2 Å². The Labute approximate surface area is 95.8 Å². The predicted molar refractivity (Wildman–Crippen MR) is 67.0 cm³/mol. The molecule has 1 fully saturated rings. The minimum atomic E-state index is 0.627. The molecule has 3 heteroatoms. The lowest BCUT2D eigenvalue weighted by atomic mass is 10.2. The number of nitrogens with two attached hydrogens (primary N) is 1. The van der Waals surface area contributed by atoms with Crippen LogP contribution < -0.4 is 5.73 Å².